The van der Waals surface area contributed by atoms with Crippen LogP contribution in [0.15, 0.2) is 44.2 Å². The molecule has 0 aromatic heterocycles. The third-order valence-electron chi connectivity index (χ3n) is 2.64. The zero-order valence-corrected chi connectivity index (χ0v) is 15.8. The van der Waals surface area contributed by atoms with Crippen molar-refractivity contribution >= 4 is 59.2 Å². The van der Waals surface area contributed by atoms with Gasteiger partial charge in [0.15, 0.2) is 0 Å². The molecule has 0 atom stereocenters. The Hall–Kier alpha value is -0.830. The first-order chi connectivity index (χ1) is 10.2. The maximum atomic E-state index is 13.3. The number of benzene rings is 2. The van der Waals surface area contributed by atoms with E-state index in [1.165, 1.54) is 25.3 Å². The predicted molar refractivity (Wildman–Crippen MR) is 90.6 cm³/mol. The van der Waals surface area contributed by atoms with Gasteiger partial charge in [-0.2, -0.15) is 0 Å². The molecular weight excluding hydrogens is 464 g/mol. The monoisotopic (exact) mass is 471 g/mol. The minimum Gasteiger partial charge on any atom is -0.495 e. The van der Waals surface area contributed by atoms with Crippen molar-refractivity contribution in [2.75, 3.05) is 11.8 Å². The number of sulfonamides is 1. The molecule has 0 saturated carbocycles. The van der Waals surface area contributed by atoms with E-state index in [9.17, 15) is 12.8 Å². The average molecular weight is 474 g/mol. The quantitative estimate of drug-likeness (QED) is 0.693. The molecule has 0 bridgehead atoms. The largest absolute Gasteiger partial charge is 0.495 e. The summed E-state index contributed by atoms with van der Waals surface area (Å²) >= 11 is 12.1. The fraction of sp³-hybridized carbons (Fsp3) is 0.0769. The summed E-state index contributed by atoms with van der Waals surface area (Å²) in [7, 11) is -2.48. The zero-order valence-electron chi connectivity index (χ0n) is 11.0. The summed E-state index contributed by atoms with van der Waals surface area (Å²) in [5, 5.41) is 0.264. The summed E-state index contributed by atoms with van der Waals surface area (Å²) in [4.78, 5) is -0.110. The number of methoxy groups -OCH3 is 1. The molecular formula is C13H9Br2ClFNO3S. The smallest absolute Gasteiger partial charge is 0.264 e. The first-order valence-electron chi connectivity index (χ1n) is 5.75. The SMILES string of the molecule is COc1ccc(NS(=O)(=O)c2c(Br)cc(F)cc2Br)cc1Cl. The van der Waals surface area contributed by atoms with Crippen molar-refractivity contribution in [3.8, 4) is 5.75 Å². The topological polar surface area (TPSA) is 55.4 Å². The Morgan fingerprint density at radius 2 is 1.77 bits per heavy atom. The van der Waals surface area contributed by atoms with Gasteiger partial charge in [-0.1, -0.05) is 11.6 Å². The molecule has 0 aliphatic heterocycles. The van der Waals surface area contributed by atoms with Gasteiger partial charge in [-0.15, -0.1) is 0 Å². The van der Waals surface area contributed by atoms with E-state index in [1.54, 1.807) is 0 Å². The molecule has 0 radical (unpaired) electrons. The highest BCUT2D eigenvalue weighted by molar-refractivity contribution is 9.11. The molecule has 2 aromatic carbocycles. The van der Waals surface area contributed by atoms with E-state index in [0.717, 1.165) is 12.1 Å². The van der Waals surface area contributed by atoms with Gasteiger partial charge in [-0.25, -0.2) is 12.8 Å². The van der Waals surface area contributed by atoms with E-state index in [0.29, 0.717) is 5.75 Å². The van der Waals surface area contributed by atoms with Crippen molar-refractivity contribution in [1.82, 2.24) is 0 Å². The molecule has 0 heterocycles. The van der Waals surface area contributed by atoms with E-state index < -0.39 is 15.8 Å². The second-order valence-corrected chi connectivity index (χ2v) is 7.89. The lowest BCUT2D eigenvalue weighted by atomic mass is 10.3. The van der Waals surface area contributed by atoms with Crippen molar-refractivity contribution in [2.24, 2.45) is 0 Å². The highest BCUT2D eigenvalue weighted by Gasteiger charge is 2.22. The minimum atomic E-state index is -3.94. The maximum absolute atomic E-state index is 13.3. The molecule has 2 aromatic rings. The number of rotatable bonds is 4. The van der Waals surface area contributed by atoms with Crippen LogP contribution in [0.5, 0.6) is 5.75 Å². The lowest BCUT2D eigenvalue weighted by Gasteiger charge is -2.12. The van der Waals surface area contributed by atoms with Crippen LogP contribution in [0.3, 0.4) is 0 Å². The van der Waals surface area contributed by atoms with Crippen molar-refractivity contribution in [2.45, 2.75) is 4.90 Å². The van der Waals surface area contributed by atoms with E-state index in [2.05, 4.69) is 36.6 Å². The van der Waals surface area contributed by atoms with Crippen molar-refractivity contribution in [3.63, 3.8) is 0 Å². The predicted octanol–water partition coefficient (Wildman–Crippen LogP) is 4.81. The molecule has 22 heavy (non-hydrogen) atoms. The van der Waals surface area contributed by atoms with Gasteiger partial charge in [0.2, 0.25) is 0 Å². The molecule has 9 heteroatoms. The van der Waals surface area contributed by atoms with Crippen LogP contribution in [0.25, 0.3) is 0 Å². The number of nitrogens with one attached hydrogen (secondary N) is 1. The second-order valence-electron chi connectivity index (χ2n) is 4.15. The van der Waals surface area contributed by atoms with Gasteiger partial charge in [-0.3, -0.25) is 4.72 Å². The first-order valence-corrected chi connectivity index (χ1v) is 9.20. The number of ether oxygens (including phenoxy) is 1. The van der Waals surface area contributed by atoms with E-state index >= 15 is 0 Å². The van der Waals surface area contributed by atoms with Crippen LogP contribution in [-0.2, 0) is 10.0 Å². The number of anilines is 1. The van der Waals surface area contributed by atoms with Crippen LogP contribution in [-0.4, -0.2) is 15.5 Å². The second kappa shape index (κ2) is 6.74. The molecule has 0 aliphatic carbocycles. The third kappa shape index (κ3) is 3.73. The Kier molecular flexibility index (Phi) is 5.37. The average Bonchev–Trinajstić information content (AvgIpc) is 2.36. The van der Waals surface area contributed by atoms with Gasteiger partial charge in [0.25, 0.3) is 10.0 Å². The molecule has 0 saturated heterocycles. The Balaban J connectivity index is 2.42. The fourth-order valence-electron chi connectivity index (χ4n) is 1.72. The van der Waals surface area contributed by atoms with Crippen molar-refractivity contribution in [3.05, 3.63) is 50.1 Å². The molecule has 0 amide bonds. The number of hydrogen-bond donors (Lipinski definition) is 1. The first kappa shape index (κ1) is 17.5. The van der Waals surface area contributed by atoms with Gasteiger partial charge in [0.1, 0.15) is 16.5 Å². The summed E-state index contributed by atoms with van der Waals surface area (Å²) in [6.07, 6.45) is 0. The lowest BCUT2D eigenvalue weighted by molar-refractivity contribution is 0.415. The summed E-state index contributed by atoms with van der Waals surface area (Å²) in [6.45, 7) is 0. The zero-order chi connectivity index (χ0) is 16.5. The van der Waals surface area contributed by atoms with Crippen LogP contribution in [0.2, 0.25) is 5.02 Å². The Labute approximate surface area is 148 Å². The van der Waals surface area contributed by atoms with Crippen LogP contribution in [0.4, 0.5) is 10.1 Å². The van der Waals surface area contributed by atoms with Crippen LogP contribution in [0, 0.1) is 5.82 Å². The molecule has 118 valence electrons. The highest BCUT2D eigenvalue weighted by Crippen LogP contribution is 2.33. The lowest BCUT2D eigenvalue weighted by Crippen LogP contribution is -2.14. The van der Waals surface area contributed by atoms with Crippen LogP contribution in [0.1, 0.15) is 0 Å². The molecule has 0 aliphatic rings. The van der Waals surface area contributed by atoms with E-state index in [-0.39, 0.29) is 24.6 Å². The molecule has 4 nitrogen and oxygen atoms in total. The summed E-state index contributed by atoms with van der Waals surface area (Å²) in [6, 6.07) is 6.60. The molecule has 0 fully saturated rings. The van der Waals surface area contributed by atoms with Crippen molar-refractivity contribution < 1.29 is 17.5 Å². The highest BCUT2D eigenvalue weighted by atomic mass is 79.9. The van der Waals surface area contributed by atoms with E-state index in [1.807, 2.05) is 0 Å². The normalized spacial score (nSPS) is 11.3. The summed E-state index contributed by atoms with van der Waals surface area (Å²) in [5.41, 5.74) is 0.258. The summed E-state index contributed by atoms with van der Waals surface area (Å²) in [5.74, 6) is -0.140. The molecule has 0 spiro atoms. The third-order valence-corrected chi connectivity index (χ3v) is 6.19. The summed E-state index contributed by atoms with van der Waals surface area (Å²) < 4.78 is 45.7. The van der Waals surface area contributed by atoms with Crippen molar-refractivity contribution in [1.29, 1.82) is 0 Å². The Bertz CT molecular complexity index is 807. The standard InChI is InChI=1S/C13H9Br2ClFNO3S/c1-21-12-3-2-8(6-11(12)16)18-22(19,20)13-9(14)4-7(17)5-10(13)15/h2-6,18H,1H3. The minimum absolute atomic E-state index is 0.103. The van der Waals surface area contributed by atoms with Crippen LogP contribution >= 0.6 is 43.5 Å². The fourth-order valence-corrected chi connectivity index (χ4v) is 5.56. The van der Waals surface area contributed by atoms with Gasteiger partial charge >= 0.3 is 0 Å². The molecule has 0 unspecified atom stereocenters. The van der Waals surface area contributed by atoms with E-state index in [4.69, 9.17) is 16.3 Å². The molecule has 1 N–H and O–H groups in total. The maximum Gasteiger partial charge on any atom is 0.264 e. The van der Waals surface area contributed by atoms with Gasteiger partial charge in [-0.05, 0) is 62.2 Å². The Morgan fingerprint density at radius 1 is 1.18 bits per heavy atom. The molecule has 2 rings (SSSR count). The number of hydrogen-bond acceptors (Lipinski definition) is 3. The Morgan fingerprint density at radius 3 is 2.27 bits per heavy atom. The van der Waals surface area contributed by atoms with Gasteiger partial charge in [0.05, 0.1) is 17.8 Å². The number of halogens is 4. The van der Waals surface area contributed by atoms with Crippen LogP contribution < -0.4 is 9.46 Å². The van der Waals surface area contributed by atoms with Gasteiger partial charge in [0, 0.05) is 8.95 Å². The van der Waals surface area contributed by atoms with Gasteiger partial charge < -0.3 is 4.74 Å².